The second kappa shape index (κ2) is 5.07. The van der Waals surface area contributed by atoms with E-state index in [-0.39, 0.29) is 11.7 Å². The van der Waals surface area contributed by atoms with Crippen molar-refractivity contribution in [2.75, 3.05) is 18.0 Å². The number of thiazole rings is 1. The van der Waals surface area contributed by atoms with E-state index in [9.17, 15) is 9.18 Å². The summed E-state index contributed by atoms with van der Waals surface area (Å²) in [7, 11) is 0. The Hall–Kier alpha value is -1.86. The molecule has 0 bridgehead atoms. The summed E-state index contributed by atoms with van der Waals surface area (Å²) in [6.45, 7) is 7.14. The second-order valence-electron chi connectivity index (χ2n) is 5.59. The molecule has 2 amide bonds. The van der Waals surface area contributed by atoms with Crippen LogP contribution in [0.1, 0.15) is 17.8 Å². The maximum atomic E-state index is 14.7. The first-order chi connectivity index (χ1) is 11.0. The Morgan fingerprint density at radius 3 is 2.74 bits per heavy atom. The van der Waals surface area contributed by atoms with E-state index < -0.39 is 5.82 Å². The van der Waals surface area contributed by atoms with Gasteiger partial charge in [-0.25, -0.2) is 24.1 Å². The molecular formula is C15H14ClFN4OS. The Morgan fingerprint density at radius 1 is 1.35 bits per heavy atom. The molecule has 8 heteroatoms. The van der Waals surface area contributed by atoms with Crippen molar-refractivity contribution >= 4 is 44.9 Å². The number of benzene rings is 1. The van der Waals surface area contributed by atoms with E-state index in [0.29, 0.717) is 34.1 Å². The molecule has 5 nitrogen and oxygen atoms in total. The molecular weight excluding hydrogens is 339 g/mol. The molecule has 2 saturated heterocycles. The third-order valence-electron chi connectivity index (χ3n) is 4.13. The normalized spacial score (nSPS) is 18.3. The minimum Gasteiger partial charge on any atom is -0.266 e. The van der Waals surface area contributed by atoms with Gasteiger partial charge in [0.15, 0.2) is 5.82 Å². The van der Waals surface area contributed by atoms with E-state index in [0.717, 1.165) is 17.8 Å². The standard InChI is InChI=1S/C15H14ClFN4OS/c1-8-18-12-13(11(17)7-10(16)14(12)23-8)21-9(2)19-5-3-4-6-20(19)15(21)22/h7H,2-6H2,1H3. The van der Waals surface area contributed by atoms with E-state index in [2.05, 4.69) is 11.6 Å². The SMILES string of the molecule is C=C1N(c2c(F)cc(Cl)c3sc(C)nc23)C(=O)N2CCCCN12. The number of aryl methyl sites for hydroxylation is 1. The van der Waals surface area contributed by atoms with Gasteiger partial charge in [0.05, 0.1) is 14.7 Å². The number of hydrogen-bond donors (Lipinski definition) is 0. The number of nitrogens with zero attached hydrogens (tertiary/aromatic N) is 4. The fourth-order valence-electron chi connectivity index (χ4n) is 3.12. The van der Waals surface area contributed by atoms with E-state index in [1.165, 1.54) is 22.3 Å². The molecule has 1 aromatic heterocycles. The summed E-state index contributed by atoms with van der Waals surface area (Å²) in [6, 6.07) is 0.951. The van der Waals surface area contributed by atoms with Crippen molar-refractivity contribution < 1.29 is 9.18 Å². The average Bonchev–Trinajstić information content (AvgIpc) is 3.02. The van der Waals surface area contributed by atoms with Crippen molar-refractivity contribution in [1.82, 2.24) is 15.0 Å². The van der Waals surface area contributed by atoms with Crippen molar-refractivity contribution in [3.8, 4) is 0 Å². The highest BCUT2D eigenvalue weighted by molar-refractivity contribution is 7.19. The van der Waals surface area contributed by atoms with Crippen LogP contribution in [0.4, 0.5) is 14.9 Å². The lowest BCUT2D eigenvalue weighted by molar-refractivity contribution is 0.0500. The van der Waals surface area contributed by atoms with Gasteiger partial charge in [-0.1, -0.05) is 18.2 Å². The molecule has 1 aromatic carbocycles. The topological polar surface area (TPSA) is 39.7 Å². The number of urea groups is 1. The quantitative estimate of drug-likeness (QED) is 0.775. The van der Waals surface area contributed by atoms with Crippen LogP contribution in [-0.4, -0.2) is 34.1 Å². The fourth-order valence-corrected chi connectivity index (χ4v) is 4.25. The maximum Gasteiger partial charge on any atom is 0.349 e. The monoisotopic (exact) mass is 352 g/mol. The number of hydrazine groups is 1. The zero-order chi connectivity index (χ0) is 16.3. The summed E-state index contributed by atoms with van der Waals surface area (Å²) < 4.78 is 15.4. The predicted octanol–water partition coefficient (Wildman–Crippen LogP) is 4.12. The highest BCUT2D eigenvalue weighted by Crippen LogP contribution is 2.42. The Kier molecular flexibility index (Phi) is 3.24. The van der Waals surface area contributed by atoms with Gasteiger partial charge in [0.2, 0.25) is 0 Å². The molecule has 0 unspecified atom stereocenters. The fraction of sp³-hybridized carbons (Fsp3) is 0.333. The van der Waals surface area contributed by atoms with Crippen LogP contribution in [-0.2, 0) is 0 Å². The van der Waals surface area contributed by atoms with Crippen LogP contribution in [0.5, 0.6) is 0 Å². The third-order valence-corrected chi connectivity index (χ3v) is 5.54. The Balaban J connectivity index is 1.92. The lowest BCUT2D eigenvalue weighted by Crippen LogP contribution is -2.43. The molecule has 2 aliphatic heterocycles. The van der Waals surface area contributed by atoms with Crippen LogP contribution in [0.2, 0.25) is 5.02 Å². The van der Waals surface area contributed by atoms with Gasteiger partial charge in [-0.15, -0.1) is 11.3 Å². The van der Waals surface area contributed by atoms with Crippen LogP contribution in [0.25, 0.3) is 10.2 Å². The highest BCUT2D eigenvalue weighted by atomic mass is 35.5. The molecule has 0 saturated carbocycles. The van der Waals surface area contributed by atoms with Crippen LogP contribution in [0.3, 0.4) is 0 Å². The number of hydrogen-bond acceptors (Lipinski definition) is 4. The third kappa shape index (κ3) is 2.03. The van der Waals surface area contributed by atoms with E-state index in [1.807, 2.05) is 11.9 Å². The first kappa shape index (κ1) is 14.7. The minimum absolute atomic E-state index is 0.137. The van der Waals surface area contributed by atoms with Crippen molar-refractivity contribution in [3.63, 3.8) is 0 Å². The van der Waals surface area contributed by atoms with Gasteiger partial charge < -0.3 is 0 Å². The van der Waals surface area contributed by atoms with Crippen LogP contribution in [0.15, 0.2) is 18.5 Å². The summed E-state index contributed by atoms with van der Waals surface area (Å²) in [5.74, 6) is -0.105. The highest BCUT2D eigenvalue weighted by Gasteiger charge is 2.42. The molecule has 0 aliphatic carbocycles. The van der Waals surface area contributed by atoms with Crippen LogP contribution in [0, 0.1) is 12.7 Å². The molecule has 2 aromatic rings. The van der Waals surface area contributed by atoms with Crippen LogP contribution >= 0.6 is 22.9 Å². The van der Waals surface area contributed by atoms with E-state index in [1.54, 1.807) is 5.01 Å². The van der Waals surface area contributed by atoms with Crippen molar-refractivity contribution in [2.24, 2.45) is 0 Å². The van der Waals surface area contributed by atoms with E-state index in [4.69, 9.17) is 11.6 Å². The summed E-state index contributed by atoms with van der Waals surface area (Å²) in [5, 5.41) is 4.50. The lowest BCUT2D eigenvalue weighted by Gasteiger charge is -2.32. The molecule has 0 radical (unpaired) electrons. The van der Waals surface area contributed by atoms with Gasteiger partial charge in [-0.05, 0) is 25.8 Å². The zero-order valence-electron chi connectivity index (χ0n) is 12.5. The van der Waals surface area contributed by atoms with Crippen molar-refractivity contribution in [1.29, 1.82) is 0 Å². The van der Waals surface area contributed by atoms with Gasteiger partial charge in [0, 0.05) is 13.1 Å². The molecule has 2 aliphatic rings. The molecule has 4 rings (SSSR count). The van der Waals surface area contributed by atoms with Gasteiger partial charge in [0.25, 0.3) is 0 Å². The largest absolute Gasteiger partial charge is 0.349 e. The first-order valence-corrected chi connectivity index (χ1v) is 8.51. The number of anilines is 1. The number of halogens is 2. The smallest absolute Gasteiger partial charge is 0.266 e. The van der Waals surface area contributed by atoms with Crippen LogP contribution < -0.4 is 4.90 Å². The summed E-state index contributed by atoms with van der Waals surface area (Å²) >= 11 is 7.52. The predicted molar refractivity (Wildman–Crippen MR) is 89.0 cm³/mol. The molecule has 120 valence electrons. The second-order valence-corrected chi connectivity index (χ2v) is 7.20. The lowest BCUT2D eigenvalue weighted by atomic mass is 10.2. The number of carbonyl (C=O) groups excluding carboxylic acids is 1. The first-order valence-electron chi connectivity index (χ1n) is 7.32. The Bertz CT molecular complexity index is 828. The average molecular weight is 353 g/mol. The molecule has 0 atom stereocenters. The molecule has 23 heavy (non-hydrogen) atoms. The van der Waals surface area contributed by atoms with Gasteiger partial charge in [-0.2, -0.15) is 0 Å². The number of aromatic nitrogens is 1. The molecule has 0 N–H and O–H groups in total. The van der Waals surface area contributed by atoms with Crippen molar-refractivity contribution in [3.05, 3.63) is 34.3 Å². The summed E-state index contributed by atoms with van der Waals surface area (Å²) in [6.07, 6.45) is 1.91. The van der Waals surface area contributed by atoms with Gasteiger partial charge >= 0.3 is 6.03 Å². The molecule has 0 spiro atoms. The summed E-state index contributed by atoms with van der Waals surface area (Å²) in [5.41, 5.74) is 0.547. The number of carbonyl (C=O) groups is 1. The minimum atomic E-state index is -0.566. The Labute approximate surface area is 141 Å². The Morgan fingerprint density at radius 2 is 2.04 bits per heavy atom. The van der Waals surface area contributed by atoms with E-state index >= 15 is 0 Å². The van der Waals surface area contributed by atoms with Crippen molar-refractivity contribution in [2.45, 2.75) is 19.8 Å². The molecule has 2 fully saturated rings. The summed E-state index contributed by atoms with van der Waals surface area (Å²) in [4.78, 5) is 18.5. The molecule has 3 heterocycles. The number of fused-ring (bicyclic) bond motifs is 2. The maximum absolute atomic E-state index is 14.7. The van der Waals surface area contributed by atoms with Gasteiger partial charge in [0.1, 0.15) is 17.0 Å². The number of amides is 2. The zero-order valence-corrected chi connectivity index (χ0v) is 14.0. The van der Waals surface area contributed by atoms with Gasteiger partial charge in [-0.3, -0.25) is 5.01 Å². The number of rotatable bonds is 1.